The summed E-state index contributed by atoms with van der Waals surface area (Å²) in [5, 5.41) is 14.4. The number of aromatic hydroxyl groups is 1. The molecule has 0 fully saturated rings. The molecule has 40 heavy (non-hydrogen) atoms. The molecule has 0 aliphatic rings. The molecular formula is C34H42N2O4. The molecule has 2 N–H and O–H groups in total. The zero-order valence-electron chi connectivity index (χ0n) is 24.2. The van der Waals surface area contributed by atoms with E-state index >= 15 is 0 Å². The molecule has 0 spiro atoms. The fourth-order valence-electron chi connectivity index (χ4n) is 4.43. The first-order chi connectivity index (χ1) is 19.3. The third-order valence-corrected chi connectivity index (χ3v) is 6.68. The lowest BCUT2D eigenvalue weighted by molar-refractivity contribution is -0.111. The van der Waals surface area contributed by atoms with Crippen molar-refractivity contribution in [2.75, 3.05) is 11.9 Å². The van der Waals surface area contributed by atoms with E-state index in [1.54, 1.807) is 28.8 Å². The Balaban J connectivity index is 1.89. The Morgan fingerprint density at radius 3 is 2.52 bits per heavy atom. The number of carbonyl (C=O) groups is 1. The lowest BCUT2D eigenvalue weighted by atomic mass is 10.1. The molecule has 0 unspecified atom stereocenters. The molecule has 1 heterocycles. The lowest BCUT2D eigenvalue weighted by Crippen LogP contribution is -2.21. The average Bonchev–Trinajstić information content (AvgIpc) is 2.94. The predicted octanol–water partition coefficient (Wildman–Crippen LogP) is 8.01. The highest BCUT2D eigenvalue weighted by Crippen LogP contribution is 2.34. The largest absolute Gasteiger partial charge is 0.500 e. The zero-order chi connectivity index (χ0) is 28.9. The fraction of sp³-hybridized carbons (Fsp3) is 0.353. The summed E-state index contributed by atoms with van der Waals surface area (Å²) in [6.45, 7) is 9.07. The van der Waals surface area contributed by atoms with E-state index in [1.165, 1.54) is 17.2 Å². The van der Waals surface area contributed by atoms with E-state index in [4.69, 9.17) is 4.74 Å². The Labute approximate surface area is 237 Å². The number of benzene rings is 2. The highest BCUT2D eigenvalue weighted by molar-refractivity contribution is 6.03. The van der Waals surface area contributed by atoms with E-state index in [0.717, 1.165) is 44.1 Å². The molecule has 1 amide bonds. The standard InChI is InChI=1S/C34H42N2O4/c1-5-6-7-11-22-36-30-24-28(35-31(37)20-17-27-15-9-8-10-16-27)18-19-29(30)33(32(38)34(36)39)40-23-21-26(4)14-12-13-25(2)3/h8-10,13,15-21,24,38H,5-7,11-12,14,22-23H2,1-4H3,(H,35,37)/b20-17+,26-21+. The molecule has 3 aromatic rings. The van der Waals surface area contributed by atoms with Crippen LogP contribution in [0, 0.1) is 0 Å². The van der Waals surface area contributed by atoms with E-state index < -0.39 is 5.56 Å². The number of amides is 1. The number of anilines is 1. The number of aryl methyl sites for hydroxylation is 1. The summed E-state index contributed by atoms with van der Waals surface area (Å²) in [5.74, 6) is -0.495. The topological polar surface area (TPSA) is 80.6 Å². The van der Waals surface area contributed by atoms with Crippen molar-refractivity contribution in [2.24, 2.45) is 0 Å². The molecular weight excluding hydrogens is 500 g/mol. The van der Waals surface area contributed by atoms with Gasteiger partial charge in [0, 0.05) is 23.7 Å². The molecule has 0 aliphatic carbocycles. The quantitative estimate of drug-likeness (QED) is 0.123. The van der Waals surface area contributed by atoms with E-state index in [9.17, 15) is 14.7 Å². The van der Waals surface area contributed by atoms with Gasteiger partial charge in [0.05, 0.1) is 5.52 Å². The first-order valence-electron chi connectivity index (χ1n) is 14.2. The lowest BCUT2D eigenvalue weighted by Gasteiger charge is -2.17. The van der Waals surface area contributed by atoms with Crippen molar-refractivity contribution >= 4 is 28.6 Å². The third-order valence-electron chi connectivity index (χ3n) is 6.68. The number of unbranched alkanes of at least 4 members (excludes halogenated alkanes) is 3. The molecule has 2 aromatic carbocycles. The summed E-state index contributed by atoms with van der Waals surface area (Å²) in [6, 6.07) is 14.9. The van der Waals surface area contributed by atoms with Crippen LogP contribution in [0.1, 0.15) is 71.8 Å². The van der Waals surface area contributed by atoms with Crippen molar-refractivity contribution in [2.45, 2.75) is 72.8 Å². The Morgan fingerprint density at radius 2 is 1.80 bits per heavy atom. The number of hydrogen-bond acceptors (Lipinski definition) is 4. The molecule has 1 aromatic heterocycles. The Bertz CT molecular complexity index is 1430. The normalized spacial score (nSPS) is 11.7. The second kappa shape index (κ2) is 15.5. The molecule has 0 radical (unpaired) electrons. The van der Waals surface area contributed by atoms with Crippen LogP contribution in [0.5, 0.6) is 11.5 Å². The number of carbonyl (C=O) groups excluding carboxylic acids is 1. The van der Waals surface area contributed by atoms with E-state index in [2.05, 4.69) is 39.1 Å². The van der Waals surface area contributed by atoms with E-state index in [-0.39, 0.29) is 24.0 Å². The highest BCUT2D eigenvalue weighted by Gasteiger charge is 2.18. The van der Waals surface area contributed by atoms with E-state index in [0.29, 0.717) is 23.1 Å². The first-order valence-corrected chi connectivity index (χ1v) is 14.2. The minimum Gasteiger partial charge on any atom is -0.500 e. The minimum absolute atomic E-state index is 0.167. The number of rotatable bonds is 14. The summed E-state index contributed by atoms with van der Waals surface area (Å²) in [4.78, 5) is 25.9. The van der Waals surface area contributed by atoms with Crippen molar-refractivity contribution in [3.05, 3.63) is 93.8 Å². The van der Waals surface area contributed by atoms with Crippen LogP contribution in [-0.2, 0) is 11.3 Å². The molecule has 0 atom stereocenters. The van der Waals surface area contributed by atoms with E-state index in [1.807, 2.05) is 36.4 Å². The van der Waals surface area contributed by atoms with Crippen LogP contribution < -0.4 is 15.6 Å². The molecule has 0 saturated carbocycles. The molecule has 6 nitrogen and oxygen atoms in total. The third kappa shape index (κ3) is 9.01. The van der Waals surface area contributed by atoms with Crippen LogP contribution in [0.4, 0.5) is 5.69 Å². The molecule has 0 aliphatic heterocycles. The SMILES string of the molecule is CCCCCCn1c(=O)c(O)c(OC/C=C(\C)CCC=C(C)C)c2ccc(NC(=O)/C=C/c3ccccc3)cc21. The van der Waals surface area contributed by atoms with Crippen molar-refractivity contribution in [1.29, 1.82) is 0 Å². The summed E-state index contributed by atoms with van der Waals surface area (Å²) in [7, 11) is 0. The summed E-state index contributed by atoms with van der Waals surface area (Å²) >= 11 is 0. The minimum atomic E-state index is -0.490. The Hall–Kier alpha value is -4.06. The van der Waals surface area contributed by atoms with Gasteiger partial charge in [0.1, 0.15) is 6.61 Å². The van der Waals surface area contributed by atoms with Gasteiger partial charge in [-0.1, -0.05) is 73.7 Å². The highest BCUT2D eigenvalue weighted by atomic mass is 16.5. The molecule has 3 rings (SSSR count). The van der Waals surface area contributed by atoms with Crippen LogP contribution >= 0.6 is 0 Å². The van der Waals surface area contributed by atoms with Gasteiger partial charge in [0.15, 0.2) is 5.75 Å². The number of allylic oxidation sites excluding steroid dienone is 3. The zero-order valence-corrected chi connectivity index (χ0v) is 24.2. The molecule has 212 valence electrons. The second-order valence-corrected chi connectivity index (χ2v) is 10.3. The summed E-state index contributed by atoms with van der Waals surface area (Å²) < 4.78 is 7.57. The van der Waals surface area contributed by atoms with Gasteiger partial charge >= 0.3 is 0 Å². The summed E-state index contributed by atoms with van der Waals surface area (Å²) in [6.07, 6.45) is 13.3. The monoisotopic (exact) mass is 542 g/mol. The number of pyridine rings is 1. The van der Waals surface area contributed by atoms with Gasteiger partial charge in [-0.25, -0.2) is 0 Å². The Kier molecular flexibility index (Phi) is 11.8. The van der Waals surface area contributed by atoms with Crippen molar-refractivity contribution in [3.8, 4) is 11.5 Å². The number of fused-ring (bicyclic) bond motifs is 1. The first kappa shape index (κ1) is 30.5. The molecule has 0 saturated heterocycles. The van der Waals surface area contributed by atoms with Crippen LogP contribution in [0.2, 0.25) is 0 Å². The van der Waals surface area contributed by atoms with Gasteiger partial charge in [0.25, 0.3) is 5.56 Å². The average molecular weight is 543 g/mol. The maximum atomic E-state index is 13.3. The van der Waals surface area contributed by atoms with Crippen LogP contribution in [0.25, 0.3) is 17.0 Å². The molecule has 0 bridgehead atoms. The van der Waals surface area contributed by atoms with Crippen LogP contribution in [-0.4, -0.2) is 22.2 Å². The molecule has 6 heteroatoms. The van der Waals surface area contributed by atoms with Gasteiger partial charge < -0.3 is 19.7 Å². The van der Waals surface area contributed by atoms with Gasteiger partial charge in [-0.15, -0.1) is 0 Å². The van der Waals surface area contributed by atoms with Gasteiger partial charge in [-0.3, -0.25) is 9.59 Å². The number of aromatic nitrogens is 1. The smallest absolute Gasteiger partial charge is 0.297 e. The fourth-order valence-corrected chi connectivity index (χ4v) is 4.43. The summed E-state index contributed by atoms with van der Waals surface area (Å²) in [5.41, 5.74) is 4.08. The number of hydrogen-bond donors (Lipinski definition) is 2. The predicted molar refractivity (Wildman–Crippen MR) is 166 cm³/mol. The second-order valence-electron chi connectivity index (χ2n) is 10.3. The van der Waals surface area contributed by atoms with Crippen molar-refractivity contribution in [1.82, 2.24) is 4.57 Å². The maximum absolute atomic E-state index is 13.3. The number of nitrogens with one attached hydrogen (secondary N) is 1. The Morgan fingerprint density at radius 1 is 1.02 bits per heavy atom. The van der Waals surface area contributed by atoms with Gasteiger partial charge in [-0.05, 0) is 75.9 Å². The van der Waals surface area contributed by atoms with Crippen LogP contribution in [0.15, 0.2) is 82.7 Å². The van der Waals surface area contributed by atoms with Crippen molar-refractivity contribution < 1.29 is 14.6 Å². The van der Waals surface area contributed by atoms with Crippen molar-refractivity contribution in [3.63, 3.8) is 0 Å². The number of nitrogens with zero attached hydrogens (tertiary/aromatic N) is 1. The van der Waals surface area contributed by atoms with Gasteiger partial charge in [0.2, 0.25) is 11.7 Å². The number of ether oxygens (including phenoxy) is 1. The van der Waals surface area contributed by atoms with Gasteiger partial charge in [-0.2, -0.15) is 0 Å². The van der Waals surface area contributed by atoms with Crippen LogP contribution in [0.3, 0.4) is 0 Å². The maximum Gasteiger partial charge on any atom is 0.297 e.